The van der Waals surface area contributed by atoms with Gasteiger partial charge in [0.2, 0.25) is 0 Å². The maximum absolute atomic E-state index is 13.2. The molecule has 0 radical (unpaired) electrons. The number of benzene rings is 1. The van der Waals surface area contributed by atoms with Crippen LogP contribution in [0.3, 0.4) is 0 Å². The first-order chi connectivity index (χ1) is 8.88. The van der Waals surface area contributed by atoms with Gasteiger partial charge in [-0.15, -0.1) is 0 Å². The highest BCUT2D eigenvalue weighted by molar-refractivity contribution is 7.92. The second-order valence-corrected chi connectivity index (χ2v) is 5.70. The maximum Gasteiger partial charge on any atom is 0.262 e. The number of sulfonamides is 1. The lowest BCUT2D eigenvalue weighted by Crippen LogP contribution is -2.14. The standard InChI is InChI=1S/C12H12FN3O2S/c1-8-7-15-3-2-12(8)16-19(17,18)11-5-9(13)4-10(14)6-11/h2-7H,14H2,1H3,(H,15,16). The van der Waals surface area contributed by atoms with E-state index in [-0.39, 0.29) is 10.6 Å². The summed E-state index contributed by atoms with van der Waals surface area (Å²) in [5, 5.41) is 0. The van der Waals surface area contributed by atoms with Crippen LogP contribution in [0.15, 0.2) is 41.6 Å². The van der Waals surface area contributed by atoms with Crippen molar-refractivity contribution < 1.29 is 12.8 Å². The summed E-state index contributed by atoms with van der Waals surface area (Å²) in [5.74, 6) is -0.702. The van der Waals surface area contributed by atoms with Gasteiger partial charge in [-0.1, -0.05) is 0 Å². The van der Waals surface area contributed by atoms with Crippen LogP contribution in [0.4, 0.5) is 15.8 Å². The van der Waals surface area contributed by atoms with Crippen molar-refractivity contribution in [3.8, 4) is 0 Å². The van der Waals surface area contributed by atoms with Crippen LogP contribution in [0.5, 0.6) is 0 Å². The summed E-state index contributed by atoms with van der Waals surface area (Å²) in [4.78, 5) is 3.64. The Morgan fingerprint density at radius 1 is 1.32 bits per heavy atom. The third-order valence-electron chi connectivity index (χ3n) is 2.47. The fraction of sp³-hybridized carbons (Fsp3) is 0.0833. The number of nitrogens with one attached hydrogen (secondary N) is 1. The normalized spacial score (nSPS) is 11.3. The number of aromatic nitrogens is 1. The van der Waals surface area contributed by atoms with E-state index in [1.165, 1.54) is 24.5 Å². The second kappa shape index (κ2) is 4.85. The molecule has 5 nitrogen and oxygen atoms in total. The molecule has 0 aliphatic heterocycles. The quantitative estimate of drug-likeness (QED) is 0.842. The molecule has 0 bridgehead atoms. The van der Waals surface area contributed by atoms with Crippen LogP contribution in [-0.2, 0) is 10.0 Å². The van der Waals surface area contributed by atoms with E-state index in [9.17, 15) is 12.8 Å². The van der Waals surface area contributed by atoms with Crippen molar-refractivity contribution in [2.24, 2.45) is 0 Å². The van der Waals surface area contributed by atoms with Gasteiger partial charge in [0.25, 0.3) is 10.0 Å². The first-order valence-corrected chi connectivity index (χ1v) is 6.86. The molecule has 7 heteroatoms. The van der Waals surface area contributed by atoms with Crippen molar-refractivity contribution >= 4 is 21.4 Å². The molecule has 2 rings (SSSR count). The lowest BCUT2D eigenvalue weighted by molar-refractivity contribution is 0.595. The topological polar surface area (TPSA) is 85.1 Å². The van der Waals surface area contributed by atoms with Gasteiger partial charge in [-0.05, 0) is 36.8 Å². The molecule has 0 aliphatic rings. The van der Waals surface area contributed by atoms with Crippen molar-refractivity contribution in [3.63, 3.8) is 0 Å². The number of anilines is 2. The van der Waals surface area contributed by atoms with E-state index in [1.54, 1.807) is 6.92 Å². The Labute approximate surface area is 110 Å². The molecule has 0 atom stereocenters. The lowest BCUT2D eigenvalue weighted by Gasteiger charge is -2.10. The Morgan fingerprint density at radius 2 is 2.05 bits per heavy atom. The molecular formula is C12H12FN3O2S. The van der Waals surface area contributed by atoms with E-state index in [0.29, 0.717) is 11.3 Å². The van der Waals surface area contributed by atoms with Crippen LogP contribution in [0.25, 0.3) is 0 Å². The van der Waals surface area contributed by atoms with Crippen molar-refractivity contribution in [2.75, 3.05) is 10.5 Å². The summed E-state index contributed by atoms with van der Waals surface area (Å²) in [7, 11) is -3.88. The van der Waals surface area contributed by atoms with E-state index in [0.717, 1.165) is 12.1 Å². The first-order valence-electron chi connectivity index (χ1n) is 5.38. The molecule has 0 saturated heterocycles. The SMILES string of the molecule is Cc1cnccc1NS(=O)(=O)c1cc(N)cc(F)c1. The Balaban J connectivity index is 2.41. The van der Waals surface area contributed by atoms with Gasteiger partial charge >= 0.3 is 0 Å². The Bertz CT molecular complexity index is 696. The molecule has 0 aliphatic carbocycles. The Kier molecular flexibility index (Phi) is 3.39. The van der Waals surface area contributed by atoms with Gasteiger partial charge < -0.3 is 5.73 Å². The zero-order valence-electron chi connectivity index (χ0n) is 10.1. The highest BCUT2D eigenvalue weighted by atomic mass is 32.2. The molecule has 3 N–H and O–H groups in total. The number of hydrogen-bond donors (Lipinski definition) is 2. The predicted molar refractivity (Wildman–Crippen MR) is 70.6 cm³/mol. The summed E-state index contributed by atoms with van der Waals surface area (Å²) in [6.45, 7) is 1.71. The number of nitrogen functional groups attached to an aromatic ring is 1. The van der Waals surface area contributed by atoms with E-state index in [2.05, 4.69) is 9.71 Å². The molecule has 0 spiro atoms. The first kappa shape index (κ1) is 13.3. The minimum absolute atomic E-state index is 0.0480. The fourth-order valence-corrected chi connectivity index (χ4v) is 2.73. The number of nitrogens with two attached hydrogens (primary N) is 1. The van der Waals surface area contributed by atoms with Crippen LogP contribution >= 0.6 is 0 Å². The molecule has 0 amide bonds. The molecule has 1 aromatic heterocycles. The number of nitrogens with zero attached hydrogens (tertiary/aromatic N) is 1. The zero-order valence-corrected chi connectivity index (χ0v) is 10.9. The fourth-order valence-electron chi connectivity index (χ4n) is 1.53. The lowest BCUT2D eigenvalue weighted by atomic mass is 10.3. The second-order valence-electron chi connectivity index (χ2n) is 4.02. The van der Waals surface area contributed by atoms with Crippen LogP contribution in [-0.4, -0.2) is 13.4 Å². The largest absolute Gasteiger partial charge is 0.399 e. The molecule has 1 heterocycles. The van der Waals surface area contributed by atoms with Crippen LogP contribution in [0.1, 0.15) is 5.56 Å². The van der Waals surface area contributed by atoms with Gasteiger partial charge in [0.1, 0.15) is 5.82 Å². The van der Waals surface area contributed by atoms with Gasteiger partial charge in [-0.3, -0.25) is 9.71 Å². The Hall–Kier alpha value is -2.15. The van der Waals surface area contributed by atoms with Gasteiger partial charge in [0.05, 0.1) is 10.6 Å². The third kappa shape index (κ3) is 3.00. The monoisotopic (exact) mass is 281 g/mol. The molecule has 0 fully saturated rings. The predicted octanol–water partition coefficient (Wildman–Crippen LogP) is 1.91. The number of halogens is 1. The maximum atomic E-state index is 13.2. The van der Waals surface area contributed by atoms with Crippen LogP contribution < -0.4 is 10.5 Å². The van der Waals surface area contributed by atoms with Crippen molar-refractivity contribution in [1.29, 1.82) is 0 Å². The van der Waals surface area contributed by atoms with Gasteiger partial charge in [0, 0.05) is 18.1 Å². The van der Waals surface area contributed by atoms with E-state index >= 15 is 0 Å². The van der Waals surface area contributed by atoms with E-state index in [4.69, 9.17) is 5.73 Å². The molecule has 19 heavy (non-hydrogen) atoms. The number of rotatable bonds is 3. The van der Waals surface area contributed by atoms with Crippen molar-refractivity contribution in [1.82, 2.24) is 4.98 Å². The third-order valence-corrected chi connectivity index (χ3v) is 3.81. The minimum atomic E-state index is -3.88. The highest BCUT2D eigenvalue weighted by Crippen LogP contribution is 2.21. The van der Waals surface area contributed by atoms with Gasteiger partial charge in [0.15, 0.2) is 0 Å². The highest BCUT2D eigenvalue weighted by Gasteiger charge is 2.16. The Morgan fingerprint density at radius 3 is 2.68 bits per heavy atom. The summed E-state index contributed by atoms with van der Waals surface area (Å²) in [5.41, 5.74) is 6.53. The molecule has 2 aromatic rings. The molecule has 0 saturated carbocycles. The van der Waals surface area contributed by atoms with Crippen LogP contribution in [0, 0.1) is 12.7 Å². The summed E-state index contributed by atoms with van der Waals surface area (Å²) < 4.78 is 39.8. The molecule has 1 aromatic carbocycles. The zero-order chi connectivity index (χ0) is 14.0. The molecular weight excluding hydrogens is 269 g/mol. The summed E-state index contributed by atoms with van der Waals surface area (Å²) in [6.07, 6.45) is 2.99. The average Bonchev–Trinajstić information content (AvgIpc) is 2.31. The van der Waals surface area contributed by atoms with Gasteiger partial charge in [-0.2, -0.15) is 0 Å². The number of hydrogen-bond acceptors (Lipinski definition) is 4. The number of pyridine rings is 1. The van der Waals surface area contributed by atoms with Crippen molar-refractivity contribution in [2.45, 2.75) is 11.8 Å². The van der Waals surface area contributed by atoms with E-state index < -0.39 is 15.8 Å². The van der Waals surface area contributed by atoms with E-state index in [1.807, 2.05) is 0 Å². The average molecular weight is 281 g/mol. The number of aryl methyl sites for hydroxylation is 1. The smallest absolute Gasteiger partial charge is 0.262 e. The summed E-state index contributed by atoms with van der Waals surface area (Å²) in [6, 6.07) is 4.68. The van der Waals surface area contributed by atoms with Crippen LogP contribution in [0.2, 0.25) is 0 Å². The molecule has 0 unspecified atom stereocenters. The van der Waals surface area contributed by atoms with Crippen molar-refractivity contribution in [3.05, 3.63) is 48.0 Å². The van der Waals surface area contributed by atoms with Gasteiger partial charge in [-0.25, -0.2) is 12.8 Å². The minimum Gasteiger partial charge on any atom is -0.399 e. The molecule has 100 valence electrons. The summed E-state index contributed by atoms with van der Waals surface area (Å²) >= 11 is 0.